The summed E-state index contributed by atoms with van der Waals surface area (Å²) in [4.78, 5) is 13.7. The van der Waals surface area contributed by atoms with Crippen LogP contribution in [0, 0.1) is 11.6 Å². The summed E-state index contributed by atoms with van der Waals surface area (Å²) in [5, 5.41) is 2.68. The van der Waals surface area contributed by atoms with Gasteiger partial charge in [-0.3, -0.25) is 4.79 Å². The summed E-state index contributed by atoms with van der Waals surface area (Å²) in [6.45, 7) is 5.37. The molecule has 0 aromatic heterocycles. The van der Waals surface area contributed by atoms with Crippen LogP contribution in [0.5, 0.6) is 0 Å². The molecule has 1 aromatic rings. The number of benzene rings is 1. The number of nitrogens with one attached hydrogen (secondary N) is 1. The van der Waals surface area contributed by atoms with Gasteiger partial charge in [0, 0.05) is 32.3 Å². The van der Waals surface area contributed by atoms with E-state index in [1.165, 1.54) is 12.0 Å². The Morgan fingerprint density at radius 2 is 1.90 bits per heavy atom. The molecular formula is C15H22F2N2O2. The number of methoxy groups -OCH3 is 1. The molecule has 0 aliphatic rings. The van der Waals surface area contributed by atoms with Crippen LogP contribution in [0.25, 0.3) is 0 Å². The quantitative estimate of drug-likeness (QED) is 0.802. The lowest BCUT2D eigenvalue weighted by Crippen LogP contribution is -2.33. The maximum Gasteiger partial charge on any atom is 0.254 e. The Labute approximate surface area is 124 Å². The highest BCUT2D eigenvalue weighted by Crippen LogP contribution is 2.21. The largest absolute Gasteiger partial charge is 0.383 e. The van der Waals surface area contributed by atoms with Gasteiger partial charge in [-0.15, -0.1) is 0 Å². The number of nitrogens with zero attached hydrogens (tertiary/aromatic N) is 1. The van der Waals surface area contributed by atoms with Crippen LogP contribution in [-0.2, 0) is 4.74 Å². The number of amides is 1. The summed E-state index contributed by atoms with van der Waals surface area (Å²) in [6, 6.07) is 2.14. The fraction of sp³-hybridized carbons (Fsp3) is 0.533. The molecule has 0 saturated heterocycles. The first-order chi connectivity index (χ1) is 10.0. The van der Waals surface area contributed by atoms with Crippen LogP contribution in [0.3, 0.4) is 0 Å². The molecule has 0 fully saturated rings. The van der Waals surface area contributed by atoms with E-state index in [0.29, 0.717) is 26.2 Å². The van der Waals surface area contributed by atoms with Gasteiger partial charge in [0.05, 0.1) is 6.61 Å². The van der Waals surface area contributed by atoms with E-state index in [4.69, 9.17) is 4.74 Å². The molecule has 6 heteroatoms. The van der Waals surface area contributed by atoms with Crippen LogP contribution in [-0.4, -0.2) is 44.2 Å². The Bertz CT molecular complexity index is 458. The lowest BCUT2D eigenvalue weighted by Gasteiger charge is -2.21. The van der Waals surface area contributed by atoms with Gasteiger partial charge in [-0.2, -0.15) is 0 Å². The van der Waals surface area contributed by atoms with Crippen molar-refractivity contribution in [3.63, 3.8) is 0 Å². The van der Waals surface area contributed by atoms with Crippen LogP contribution < -0.4 is 5.32 Å². The fourth-order valence-corrected chi connectivity index (χ4v) is 1.90. The average molecular weight is 300 g/mol. The molecule has 1 amide bonds. The van der Waals surface area contributed by atoms with Crippen LogP contribution in [0.1, 0.15) is 30.6 Å². The van der Waals surface area contributed by atoms with Gasteiger partial charge in [0.25, 0.3) is 5.91 Å². The lowest BCUT2D eigenvalue weighted by atomic mass is 10.1. The van der Waals surface area contributed by atoms with E-state index in [-0.39, 0.29) is 11.3 Å². The Hall–Kier alpha value is -1.69. The van der Waals surface area contributed by atoms with Crippen LogP contribution in [0.4, 0.5) is 14.5 Å². The van der Waals surface area contributed by atoms with Crippen LogP contribution >= 0.6 is 0 Å². The zero-order valence-electron chi connectivity index (χ0n) is 12.7. The summed E-state index contributed by atoms with van der Waals surface area (Å²) in [7, 11) is 1.53. The number of hydrogen-bond acceptors (Lipinski definition) is 3. The van der Waals surface area contributed by atoms with Crippen molar-refractivity contribution in [2.24, 2.45) is 0 Å². The summed E-state index contributed by atoms with van der Waals surface area (Å²) in [6.07, 6.45) is 0.750. The van der Waals surface area contributed by atoms with Crippen molar-refractivity contribution in [1.29, 1.82) is 0 Å². The van der Waals surface area contributed by atoms with Gasteiger partial charge in [0.2, 0.25) is 0 Å². The molecule has 1 aromatic carbocycles. The van der Waals surface area contributed by atoms with Crippen LogP contribution in [0.15, 0.2) is 12.1 Å². The average Bonchev–Trinajstić information content (AvgIpc) is 2.46. The van der Waals surface area contributed by atoms with E-state index >= 15 is 0 Å². The Morgan fingerprint density at radius 3 is 2.38 bits per heavy atom. The standard InChI is InChI=1S/C15H22F2N2O2/c1-4-6-18-14-12(16)9-11(10-13(14)17)15(20)19(5-2)7-8-21-3/h9-10,18H,4-8H2,1-3H3. The maximum absolute atomic E-state index is 13.9. The van der Waals surface area contributed by atoms with E-state index in [2.05, 4.69) is 5.32 Å². The number of carbonyl (C=O) groups excluding carboxylic acids is 1. The molecule has 0 saturated carbocycles. The Morgan fingerprint density at radius 1 is 1.29 bits per heavy atom. The van der Waals surface area contributed by atoms with Gasteiger partial charge in [0.1, 0.15) is 17.3 Å². The molecule has 1 rings (SSSR count). The highest BCUT2D eigenvalue weighted by molar-refractivity contribution is 5.94. The van der Waals surface area contributed by atoms with E-state index in [1.54, 1.807) is 6.92 Å². The van der Waals surface area contributed by atoms with Gasteiger partial charge in [-0.1, -0.05) is 6.92 Å². The minimum absolute atomic E-state index is 0.00463. The van der Waals surface area contributed by atoms with Crippen molar-refractivity contribution >= 4 is 11.6 Å². The number of ether oxygens (including phenoxy) is 1. The van der Waals surface area contributed by atoms with E-state index in [9.17, 15) is 13.6 Å². The minimum Gasteiger partial charge on any atom is -0.383 e. The number of anilines is 1. The molecular weight excluding hydrogens is 278 g/mol. The van der Waals surface area contributed by atoms with Gasteiger partial charge >= 0.3 is 0 Å². The highest BCUT2D eigenvalue weighted by Gasteiger charge is 2.18. The predicted molar refractivity (Wildman–Crippen MR) is 78.6 cm³/mol. The van der Waals surface area contributed by atoms with Gasteiger partial charge < -0.3 is 15.0 Å². The fourth-order valence-electron chi connectivity index (χ4n) is 1.90. The Balaban J connectivity index is 2.95. The first kappa shape index (κ1) is 17.4. The first-order valence-electron chi connectivity index (χ1n) is 7.06. The maximum atomic E-state index is 13.9. The highest BCUT2D eigenvalue weighted by atomic mass is 19.1. The molecule has 0 aliphatic heterocycles. The van der Waals surface area contributed by atoms with Crippen molar-refractivity contribution in [3.8, 4) is 0 Å². The molecule has 0 radical (unpaired) electrons. The second-order valence-electron chi connectivity index (χ2n) is 4.62. The molecule has 0 spiro atoms. The van der Waals surface area contributed by atoms with Crippen molar-refractivity contribution in [1.82, 2.24) is 4.90 Å². The topological polar surface area (TPSA) is 41.6 Å². The molecule has 0 bridgehead atoms. The first-order valence-corrected chi connectivity index (χ1v) is 7.06. The summed E-state index contributed by atoms with van der Waals surface area (Å²) < 4.78 is 32.8. The monoisotopic (exact) mass is 300 g/mol. The molecule has 118 valence electrons. The molecule has 0 unspecified atom stereocenters. The lowest BCUT2D eigenvalue weighted by molar-refractivity contribution is 0.0705. The molecule has 21 heavy (non-hydrogen) atoms. The number of halogens is 2. The zero-order chi connectivity index (χ0) is 15.8. The molecule has 4 nitrogen and oxygen atoms in total. The normalized spacial score (nSPS) is 10.5. The summed E-state index contributed by atoms with van der Waals surface area (Å²) in [5.41, 5.74) is -0.182. The van der Waals surface area contributed by atoms with Crippen molar-refractivity contribution < 1.29 is 18.3 Å². The number of hydrogen-bond donors (Lipinski definition) is 1. The van der Waals surface area contributed by atoms with Gasteiger partial charge in [-0.25, -0.2) is 8.78 Å². The van der Waals surface area contributed by atoms with Crippen LogP contribution in [0.2, 0.25) is 0 Å². The number of likely N-dealkylation sites (N-methyl/N-ethyl adjacent to an activating group) is 1. The summed E-state index contributed by atoms with van der Waals surface area (Å²) >= 11 is 0. The van der Waals surface area contributed by atoms with Gasteiger partial charge in [-0.05, 0) is 25.5 Å². The van der Waals surface area contributed by atoms with E-state index in [1.807, 2.05) is 6.92 Å². The van der Waals surface area contributed by atoms with E-state index < -0.39 is 17.5 Å². The number of rotatable bonds is 8. The molecule has 0 atom stereocenters. The van der Waals surface area contributed by atoms with Gasteiger partial charge in [0.15, 0.2) is 0 Å². The predicted octanol–water partition coefficient (Wildman–Crippen LogP) is 2.90. The zero-order valence-corrected chi connectivity index (χ0v) is 12.7. The molecule has 1 N–H and O–H groups in total. The van der Waals surface area contributed by atoms with Crippen molar-refractivity contribution in [2.45, 2.75) is 20.3 Å². The number of carbonyl (C=O) groups is 1. The SMILES string of the molecule is CCCNc1c(F)cc(C(=O)N(CC)CCOC)cc1F. The third-order valence-electron chi connectivity index (χ3n) is 3.08. The Kier molecular flexibility index (Phi) is 7.08. The molecule has 0 aliphatic carbocycles. The minimum atomic E-state index is -0.755. The third-order valence-corrected chi connectivity index (χ3v) is 3.08. The van der Waals surface area contributed by atoms with Crippen molar-refractivity contribution in [3.05, 3.63) is 29.3 Å². The molecule has 0 heterocycles. The third kappa shape index (κ3) is 4.67. The van der Waals surface area contributed by atoms with E-state index in [0.717, 1.165) is 18.6 Å². The second-order valence-corrected chi connectivity index (χ2v) is 4.62. The summed E-state index contributed by atoms with van der Waals surface area (Å²) in [5.74, 6) is -1.92. The van der Waals surface area contributed by atoms with Crippen molar-refractivity contribution in [2.75, 3.05) is 38.7 Å². The smallest absolute Gasteiger partial charge is 0.254 e. The second kappa shape index (κ2) is 8.56.